The molecule has 0 saturated carbocycles. The zero-order valence-corrected chi connectivity index (χ0v) is 14.1. The first-order valence-electron chi connectivity index (χ1n) is 8.75. The van der Waals surface area contributed by atoms with Crippen molar-refractivity contribution in [2.45, 2.75) is 70.6 Å². The average molecular weight is 342 g/mol. The molecule has 0 aliphatic heterocycles. The molecule has 134 valence electrons. The Hall–Kier alpha value is -1.52. The van der Waals surface area contributed by atoms with Crippen LogP contribution in [0.4, 0.5) is 13.2 Å². The van der Waals surface area contributed by atoms with E-state index < -0.39 is 24.2 Å². The highest BCUT2D eigenvalue weighted by Gasteiger charge is 2.43. The van der Waals surface area contributed by atoms with Gasteiger partial charge >= 0.3 is 12.1 Å². The van der Waals surface area contributed by atoms with E-state index in [1.807, 2.05) is 31.2 Å². The number of carbonyl (C=O) groups is 1. The van der Waals surface area contributed by atoms with Crippen molar-refractivity contribution in [3.05, 3.63) is 35.4 Å². The van der Waals surface area contributed by atoms with E-state index in [4.69, 9.17) is 4.74 Å². The van der Waals surface area contributed by atoms with Gasteiger partial charge in [0.15, 0.2) is 6.10 Å². The minimum Gasteiger partial charge on any atom is -0.452 e. The lowest BCUT2D eigenvalue weighted by atomic mass is 9.84. The fraction of sp³-hybridized carbons (Fsp3) is 0.632. The minimum absolute atomic E-state index is 0.140. The third-order valence-electron chi connectivity index (χ3n) is 4.62. The maximum absolute atomic E-state index is 13.1. The number of hydrogen-bond acceptors (Lipinski definition) is 2. The van der Waals surface area contributed by atoms with Crippen LogP contribution in [0.1, 0.15) is 56.6 Å². The number of rotatable bonds is 7. The zero-order valence-electron chi connectivity index (χ0n) is 14.1. The van der Waals surface area contributed by atoms with Crippen LogP contribution in [-0.2, 0) is 22.4 Å². The second-order valence-electron chi connectivity index (χ2n) is 6.52. The highest BCUT2D eigenvalue weighted by atomic mass is 19.4. The Kier molecular flexibility index (Phi) is 6.69. The van der Waals surface area contributed by atoms with Crippen LogP contribution < -0.4 is 0 Å². The van der Waals surface area contributed by atoms with Crippen molar-refractivity contribution in [3.8, 4) is 0 Å². The Morgan fingerprint density at radius 1 is 1.21 bits per heavy atom. The van der Waals surface area contributed by atoms with Crippen LogP contribution in [0.25, 0.3) is 0 Å². The molecule has 2 rings (SSSR count). The Bertz CT molecular complexity index is 540. The van der Waals surface area contributed by atoms with Crippen LogP contribution in [0.2, 0.25) is 0 Å². The summed E-state index contributed by atoms with van der Waals surface area (Å²) in [5, 5.41) is 0. The topological polar surface area (TPSA) is 26.3 Å². The number of ether oxygens (including phenoxy) is 1. The molecule has 0 spiro atoms. The maximum atomic E-state index is 13.1. The number of carbonyl (C=O) groups excluding carboxylic acids is 1. The summed E-state index contributed by atoms with van der Waals surface area (Å²) in [6.45, 7) is 2.00. The summed E-state index contributed by atoms with van der Waals surface area (Å²) in [6, 6.07) is 7.76. The van der Waals surface area contributed by atoms with E-state index in [0.717, 1.165) is 24.8 Å². The molecule has 0 aromatic heterocycles. The second kappa shape index (κ2) is 8.54. The number of halogens is 3. The van der Waals surface area contributed by atoms with Gasteiger partial charge in [-0.1, -0.05) is 50.5 Å². The van der Waals surface area contributed by atoms with E-state index in [-0.39, 0.29) is 6.42 Å². The molecular weight excluding hydrogens is 317 g/mol. The van der Waals surface area contributed by atoms with E-state index in [2.05, 4.69) is 0 Å². The monoisotopic (exact) mass is 342 g/mol. The first kappa shape index (κ1) is 18.8. The van der Waals surface area contributed by atoms with E-state index in [1.54, 1.807) is 0 Å². The molecule has 1 unspecified atom stereocenters. The van der Waals surface area contributed by atoms with Crippen molar-refractivity contribution in [1.29, 1.82) is 0 Å². The summed E-state index contributed by atoms with van der Waals surface area (Å²) in [6.07, 6.45) is -1.85. The smallest absolute Gasteiger partial charge is 0.425 e. The van der Waals surface area contributed by atoms with Crippen LogP contribution in [0.5, 0.6) is 0 Å². The number of benzene rings is 1. The van der Waals surface area contributed by atoms with Gasteiger partial charge < -0.3 is 4.74 Å². The van der Waals surface area contributed by atoms with Gasteiger partial charge in [0.25, 0.3) is 0 Å². The highest BCUT2D eigenvalue weighted by molar-refractivity contribution is 5.73. The summed E-state index contributed by atoms with van der Waals surface area (Å²) in [5.41, 5.74) is 2.21. The molecule has 0 N–H and O–H groups in total. The third kappa shape index (κ3) is 5.25. The predicted octanol–water partition coefficient (Wildman–Crippen LogP) is 5.24. The number of alkyl halides is 3. The van der Waals surface area contributed by atoms with Gasteiger partial charge in [0.1, 0.15) is 0 Å². The second-order valence-corrected chi connectivity index (χ2v) is 6.52. The van der Waals surface area contributed by atoms with Crippen molar-refractivity contribution < 1.29 is 22.7 Å². The van der Waals surface area contributed by atoms with Gasteiger partial charge in [0.2, 0.25) is 0 Å². The number of fused-ring (bicyclic) bond motifs is 1. The average Bonchev–Trinajstić information content (AvgIpc) is 2.56. The molecule has 0 bridgehead atoms. The van der Waals surface area contributed by atoms with Crippen LogP contribution in [-0.4, -0.2) is 18.2 Å². The van der Waals surface area contributed by atoms with E-state index in [0.29, 0.717) is 25.7 Å². The van der Waals surface area contributed by atoms with Crippen molar-refractivity contribution in [3.63, 3.8) is 0 Å². The van der Waals surface area contributed by atoms with Crippen LogP contribution >= 0.6 is 0 Å². The molecule has 1 aromatic carbocycles. The van der Waals surface area contributed by atoms with Crippen molar-refractivity contribution in [1.82, 2.24) is 0 Å². The summed E-state index contributed by atoms with van der Waals surface area (Å²) in [5.74, 6) is -1.18. The fourth-order valence-corrected chi connectivity index (χ4v) is 3.18. The van der Waals surface area contributed by atoms with Gasteiger partial charge in [-0.15, -0.1) is 0 Å². The first-order chi connectivity index (χ1) is 11.4. The molecule has 0 heterocycles. The number of unbranched alkanes of at least 4 members (excludes halogenated alkanes) is 3. The lowest BCUT2D eigenvalue weighted by molar-refractivity contribution is -0.225. The molecule has 1 aliphatic rings. The number of aryl methyl sites for hydroxylation is 1. The molecule has 1 aromatic rings. The molecule has 5 heteroatoms. The normalized spacial score (nSPS) is 18.8. The van der Waals surface area contributed by atoms with Gasteiger partial charge in [-0.2, -0.15) is 13.2 Å². The standard InChI is InChI=1S/C19H25F3O2/c1-2-3-4-5-10-17(19(20,21)22)24-18(23)16-12-11-14-8-6-7-9-15(14)13-16/h6-9,16-17H,2-5,10-13H2,1H3/t16?,17-/m1/s1. The number of hydrogen-bond donors (Lipinski definition) is 0. The van der Waals surface area contributed by atoms with Crippen molar-refractivity contribution in [2.75, 3.05) is 0 Å². The number of esters is 1. The van der Waals surface area contributed by atoms with Crippen molar-refractivity contribution in [2.24, 2.45) is 5.92 Å². The SMILES string of the molecule is CCCCCC[C@@H](OC(=O)C1CCc2ccccc2C1)C(F)(F)F. The zero-order chi connectivity index (χ0) is 17.6. The molecule has 0 fully saturated rings. The van der Waals surface area contributed by atoms with Gasteiger partial charge in [-0.05, 0) is 43.2 Å². The molecule has 24 heavy (non-hydrogen) atoms. The lowest BCUT2D eigenvalue weighted by Gasteiger charge is -2.26. The molecule has 0 radical (unpaired) electrons. The summed E-state index contributed by atoms with van der Waals surface area (Å²) >= 11 is 0. The summed E-state index contributed by atoms with van der Waals surface area (Å²) < 4.78 is 44.2. The largest absolute Gasteiger partial charge is 0.452 e. The Morgan fingerprint density at radius 2 is 1.92 bits per heavy atom. The molecular formula is C19H25F3O2. The van der Waals surface area contributed by atoms with Crippen LogP contribution in [0, 0.1) is 5.92 Å². The molecule has 2 atom stereocenters. The van der Waals surface area contributed by atoms with Crippen LogP contribution in [0.15, 0.2) is 24.3 Å². The Balaban J connectivity index is 1.93. The van der Waals surface area contributed by atoms with Gasteiger partial charge in [0, 0.05) is 0 Å². The lowest BCUT2D eigenvalue weighted by Crippen LogP contribution is -2.37. The van der Waals surface area contributed by atoms with E-state index >= 15 is 0 Å². The van der Waals surface area contributed by atoms with Gasteiger partial charge in [0.05, 0.1) is 5.92 Å². The summed E-state index contributed by atoms with van der Waals surface area (Å²) in [7, 11) is 0. The summed E-state index contributed by atoms with van der Waals surface area (Å²) in [4.78, 5) is 12.2. The van der Waals surface area contributed by atoms with E-state index in [9.17, 15) is 18.0 Å². The molecule has 2 nitrogen and oxygen atoms in total. The highest BCUT2D eigenvalue weighted by Crippen LogP contribution is 2.31. The first-order valence-corrected chi connectivity index (χ1v) is 8.75. The minimum atomic E-state index is -4.49. The molecule has 0 amide bonds. The van der Waals surface area contributed by atoms with Gasteiger partial charge in [-0.3, -0.25) is 4.79 Å². The van der Waals surface area contributed by atoms with Crippen LogP contribution in [0.3, 0.4) is 0 Å². The molecule has 0 saturated heterocycles. The third-order valence-corrected chi connectivity index (χ3v) is 4.62. The predicted molar refractivity (Wildman–Crippen MR) is 86.7 cm³/mol. The van der Waals surface area contributed by atoms with Crippen molar-refractivity contribution >= 4 is 5.97 Å². The Morgan fingerprint density at radius 3 is 2.58 bits per heavy atom. The Labute approximate surface area is 141 Å². The fourth-order valence-electron chi connectivity index (χ4n) is 3.18. The van der Waals surface area contributed by atoms with E-state index in [1.165, 1.54) is 5.56 Å². The maximum Gasteiger partial charge on any atom is 0.425 e. The quantitative estimate of drug-likeness (QED) is 0.500. The molecule has 1 aliphatic carbocycles. The van der Waals surface area contributed by atoms with Gasteiger partial charge in [-0.25, -0.2) is 0 Å².